The van der Waals surface area contributed by atoms with E-state index in [-0.39, 0.29) is 11.8 Å². The van der Waals surface area contributed by atoms with Gasteiger partial charge < -0.3 is 15.1 Å². The lowest BCUT2D eigenvalue weighted by molar-refractivity contribution is -0.120. The average molecular weight is 456 g/mol. The zero-order valence-electron chi connectivity index (χ0n) is 19.5. The second-order valence-corrected chi connectivity index (χ2v) is 9.63. The van der Waals surface area contributed by atoms with Crippen LogP contribution in [0.3, 0.4) is 0 Å². The summed E-state index contributed by atoms with van der Waals surface area (Å²) in [6.07, 6.45) is 6.96. The summed E-state index contributed by atoms with van der Waals surface area (Å²) in [5, 5.41) is 8.63. The van der Waals surface area contributed by atoms with Gasteiger partial charge in [0.1, 0.15) is 17.0 Å². The highest BCUT2D eigenvalue weighted by atomic mass is 32.1. The fourth-order valence-electron chi connectivity index (χ4n) is 4.34. The molecule has 0 spiro atoms. The summed E-state index contributed by atoms with van der Waals surface area (Å²) in [6.45, 7) is 14.1. The van der Waals surface area contributed by atoms with E-state index in [1.165, 1.54) is 10.4 Å². The van der Waals surface area contributed by atoms with Crippen molar-refractivity contribution in [3.63, 3.8) is 0 Å². The maximum Gasteiger partial charge on any atom is 0.227 e. The van der Waals surface area contributed by atoms with Crippen LogP contribution in [-0.2, 0) is 11.3 Å². The Morgan fingerprint density at radius 3 is 2.69 bits per heavy atom. The number of thiophene rings is 1. The first kappa shape index (κ1) is 22.7. The number of piperidine rings is 1. The first-order chi connectivity index (χ1) is 15.5. The molecular weight excluding hydrogens is 422 g/mol. The fourth-order valence-corrected chi connectivity index (χ4v) is 5.33. The van der Waals surface area contributed by atoms with Crippen LogP contribution in [0.5, 0.6) is 0 Å². The van der Waals surface area contributed by atoms with Crippen molar-refractivity contribution in [1.82, 2.24) is 24.6 Å². The topological polar surface area (TPSA) is 79.2 Å². The summed E-state index contributed by atoms with van der Waals surface area (Å²) in [6, 6.07) is 0. The first-order valence-corrected chi connectivity index (χ1v) is 12.3. The van der Waals surface area contributed by atoms with Gasteiger partial charge in [-0.15, -0.1) is 11.3 Å². The smallest absolute Gasteiger partial charge is 0.227 e. The highest BCUT2D eigenvalue weighted by molar-refractivity contribution is 7.18. The van der Waals surface area contributed by atoms with Crippen molar-refractivity contribution in [1.29, 1.82) is 0 Å². The normalized spacial score (nSPS) is 15.1. The van der Waals surface area contributed by atoms with Gasteiger partial charge in [0.15, 0.2) is 0 Å². The van der Waals surface area contributed by atoms with Crippen LogP contribution in [0.2, 0.25) is 0 Å². The Hall–Kier alpha value is -2.52. The van der Waals surface area contributed by atoms with Crippen molar-refractivity contribution < 1.29 is 4.79 Å². The number of hydrogen-bond acceptors (Lipinski definition) is 7. The summed E-state index contributed by atoms with van der Waals surface area (Å²) in [5.41, 5.74) is 2.04. The van der Waals surface area contributed by atoms with Crippen molar-refractivity contribution in [3.05, 3.63) is 29.2 Å². The van der Waals surface area contributed by atoms with Gasteiger partial charge in [-0.05, 0) is 45.3 Å². The SMILES string of the molecule is CCN(CC)CCn1cc(NC(=O)C2CCN(c3ncnc4sc(C)c(C)c34)CC2)cn1. The van der Waals surface area contributed by atoms with Gasteiger partial charge >= 0.3 is 0 Å². The fraction of sp³-hybridized carbons (Fsp3) is 0.565. The Bertz CT molecular complexity index is 1060. The molecule has 0 aromatic carbocycles. The van der Waals surface area contributed by atoms with Crippen LogP contribution in [0.1, 0.15) is 37.1 Å². The zero-order chi connectivity index (χ0) is 22.7. The van der Waals surface area contributed by atoms with E-state index in [0.29, 0.717) is 0 Å². The number of hydrogen-bond donors (Lipinski definition) is 1. The molecule has 4 rings (SSSR count). The highest BCUT2D eigenvalue weighted by Gasteiger charge is 2.27. The molecule has 0 radical (unpaired) electrons. The van der Waals surface area contributed by atoms with Crippen molar-refractivity contribution in [2.24, 2.45) is 5.92 Å². The van der Waals surface area contributed by atoms with Gasteiger partial charge in [0.05, 0.1) is 23.8 Å². The molecule has 1 aliphatic heterocycles. The summed E-state index contributed by atoms with van der Waals surface area (Å²) in [7, 11) is 0. The van der Waals surface area contributed by atoms with Crippen LogP contribution in [0.4, 0.5) is 11.5 Å². The number of fused-ring (bicyclic) bond motifs is 1. The van der Waals surface area contributed by atoms with Crippen molar-refractivity contribution in [2.45, 2.75) is 47.1 Å². The van der Waals surface area contributed by atoms with Crippen LogP contribution in [0, 0.1) is 19.8 Å². The van der Waals surface area contributed by atoms with E-state index >= 15 is 0 Å². The van der Waals surface area contributed by atoms with E-state index in [9.17, 15) is 4.79 Å². The first-order valence-electron chi connectivity index (χ1n) is 11.5. The molecule has 1 fully saturated rings. The Labute approximate surface area is 193 Å². The van der Waals surface area contributed by atoms with E-state index in [0.717, 1.165) is 73.8 Å². The number of likely N-dealkylation sites (N-methyl/N-ethyl adjacent to an activating group) is 1. The maximum atomic E-state index is 12.8. The standard InChI is InChI=1S/C23H33N7OS/c1-5-28(6-2)11-12-30-14-19(13-26-30)27-22(31)18-7-9-29(10-8-18)21-20-16(3)17(4)32-23(20)25-15-24-21/h13-15,18H,5-12H2,1-4H3,(H,27,31). The van der Waals surface area contributed by atoms with Crippen molar-refractivity contribution >= 4 is 39.0 Å². The number of aryl methyl sites for hydroxylation is 2. The monoisotopic (exact) mass is 455 g/mol. The molecule has 3 aromatic heterocycles. The second kappa shape index (κ2) is 9.95. The van der Waals surface area contributed by atoms with E-state index in [1.54, 1.807) is 23.9 Å². The van der Waals surface area contributed by atoms with Crippen LogP contribution in [0.25, 0.3) is 10.2 Å². The minimum atomic E-state index is 0.00732. The summed E-state index contributed by atoms with van der Waals surface area (Å²) in [5.74, 6) is 1.10. The Morgan fingerprint density at radius 2 is 1.97 bits per heavy atom. The number of amides is 1. The van der Waals surface area contributed by atoms with E-state index in [4.69, 9.17) is 0 Å². The zero-order valence-corrected chi connectivity index (χ0v) is 20.3. The Balaban J connectivity index is 1.33. The van der Waals surface area contributed by atoms with Crippen LogP contribution < -0.4 is 10.2 Å². The van der Waals surface area contributed by atoms with Gasteiger partial charge in [0.25, 0.3) is 0 Å². The molecule has 3 aromatic rings. The molecule has 172 valence electrons. The summed E-state index contributed by atoms with van der Waals surface area (Å²) in [4.78, 5) is 28.9. The Kier molecular flexibility index (Phi) is 7.05. The third-order valence-electron chi connectivity index (χ3n) is 6.55. The van der Waals surface area contributed by atoms with Gasteiger partial charge in [-0.1, -0.05) is 13.8 Å². The van der Waals surface area contributed by atoms with E-state index in [2.05, 4.69) is 57.9 Å². The minimum Gasteiger partial charge on any atom is -0.356 e. The van der Waals surface area contributed by atoms with Gasteiger partial charge in [0.2, 0.25) is 5.91 Å². The lowest BCUT2D eigenvalue weighted by atomic mass is 9.95. The molecule has 0 unspecified atom stereocenters. The third-order valence-corrected chi connectivity index (χ3v) is 7.67. The van der Waals surface area contributed by atoms with E-state index in [1.807, 2.05) is 10.9 Å². The van der Waals surface area contributed by atoms with Gasteiger partial charge in [0, 0.05) is 36.6 Å². The molecule has 8 nitrogen and oxygen atoms in total. The number of aromatic nitrogens is 4. The summed E-state index contributed by atoms with van der Waals surface area (Å²) < 4.78 is 1.90. The molecule has 1 amide bonds. The molecule has 1 aliphatic rings. The van der Waals surface area contributed by atoms with Gasteiger partial charge in [-0.3, -0.25) is 9.48 Å². The van der Waals surface area contributed by atoms with Gasteiger partial charge in [-0.25, -0.2) is 9.97 Å². The lowest BCUT2D eigenvalue weighted by Crippen LogP contribution is -2.38. The maximum absolute atomic E-state index is 12.8. The van der Waals surface area contributed by atoms with Crippen LogP contribution >= 0.6 is 11.3 Å². The number of nitrogens with one attached hydrogen (secondary N) is 1. The average Bonchev–Trinajstić information content (AvgIpc) is 3.38. The molecule has 1 saturated heterocycles. The Morgan fingerprint density at radius 1 is 1.22 bits per heavy atom. The number of anilines is 2. The predicted octanol–water partition coefficient (Wildman–Crippen LogP) is 3.70. The molecule has 32 heavy (non-hydrogen) atoms. The molecule has 1 N–H and O–H groups in total. The number of rotatable bonds is 8. The number of nitrogens with zero attached hydrogens (tertiary/aromatic N) is 6. The highest BCUT2D eigenvalue weighted by Crippen LogP contribution is 2.35. The minimum absolute atomic E-state index is 0.00732. The second-order valence-electron chi connectivity index (χ2n) is 8.43. The molecule has 0 saturated carbocycles. The lowest BCUT2D eigenvalue weighted by Gasteiger charge is -2.32. The van der Waals surface area contributed by atoms with Crippen LogP contribution in [0.15, 0.2) is 18.7 Å². The van der Waals surface area contributed by atoms with E-state index < -0.39 is 0 Å². The van der Waals surface area contributed by atoms with Gasteiger partial charge in [-0.2, -0.15) is 5.10 Å². The predicted molar refractivity (Wildman–Crippen MR) is 130 cm³/mol. The third kappa shape index (κ3) is 4.78. The molecular formula is C23H33N7OS. The summed E-state index contributed by atoms with van der Waals surface area (Å²) >= 11 is 1.72. The molecule has 0 aliphatic carbocycles. The van der Waals surface area contributed by atoms with Crippen molar-refractivity contribution in [3.8, 4) is 0 Å². The molecule has 4 heterocycles. The quantitative estimate of drug-likeness (QED) is 0.558. The molecule has 0 atom stereocenters. The largest absolute Gasteiger partial charge is 0.356 e. The molecule has 0 bridgehead atoms. The molecule has 9 heteroatoms. The number of carbonyl (C=O) groups excluding carboxylic acids is 1. The number of carbonyl (C=O) groups is 1. The van der Waals surface area contributed by atoms with Crippen molar-refractivity contribution in [2.75, 3.05) is 42.9 Å². The van der Waals surface area contributed by atoms with Crippen LogP contribution in [-0.4, -0.2) is 63.3 Å².